The Balaban J connectivity index is 1.19. The summed E-state index contributed by atoms with van der Waals surface area (Å²) in [6.45, 7) is 3.69. The fraction of sp³-hybridized carbons (Fsp3) is 0.240. The number of carbonyl (C=O) groups excluding carboxylic acids is 1. The fourth-order valence-corrected chi connectivity index (χ4v) is 4.21. The molecule has 0 unspecified atom stereocenters. The normalized spacial score (nSPS) is 14.9. The number of hydrogen-bond donors (Lipinski definition) is 1. The SMILES string of the molecule is Nc1nc(CN2CCN(C(=O)Cc3ccc4ccccc4c3)CC2)nc2ccccc12. The van der Waals surface area contributed by atoms with Crippen molar-refractivity contribution in [1.29, 1.82) is 0 Å². The lowest BCUT2D eigenvalue weighted by Gasteiger charge is -2.34. The Morgan fingerprint density at radius 1 is 0.871 bits per heavy atom. The molecule has 1 aliphatic heterocycles. The molecule has 1 aromatic heterocycles. The third kappa shape index (κ3) is 4.20. The van der Waals surface area contributed by atoms with Crippen molar-refractivity contribution in [3.05, 3.63) is 78.1 Å². The van der Waals surface area contributed by atoms with Crippen molar-refractivity contribution in [3.8, 4) is 0 Å². The molecule has 2 heterocycles. The van der Waals surface area contributed by atoms with Crippen LogP contribution in [0.5, 0.6) is 0 Å². The van der Waals surface area contributed by atoms with Crippen LogP contribution in [0, 0.1) is 0 Å². The monoisotopic (exact) mass is 411 g/mol. The van der Waals surface area contributed by atoms with Gasteiger partial charge in [-0.2, -0.15) is 0 Å². The summed E-state index contributed by atoms with van der Waals surface area (Å²) in [6, 6.07) is 22.3. The van der Waals surface area contributed by atoms with E-state index in [2.05, 4.69) is 45.2 Å². The Labute approximate surface area is 181 Å². The Hall–Kier alpha value is -3.51. The third-order valence-corrected chi connectivity index (χ3v) is 5.94. The molecular weight excluding hydrogens is 386 g/mol. The molecule has 1 saturated heterocycles. The lowest BCUT2D eigenvalue weighted by atomic mass is 10.0. The highest BCUT2D eigenvalue weighted by molar-refractivity contribution is 5.88. The highest BCUT2D eigenvalue weighted by atomic mass is 16.2. The number of anilines is 1. The van der Waals surface area contributed by atoms with Crippen LogP contribution >= 0.6 is 0 Å². The average molecular weight is 412 g/mol. The van der Waals surface area contributed by atoms with Gasteiger partial charge in [-0.25, -0.2) is 9.97 Å². The van der Waals surface area contributed by atoms with Crippen molar-refractivity contribution in [2.75, 3.05) is 31.9 Å². The number of nitrogens with two attached hydrogens (primary N) is 1. The number of rotatable bonds is 4. The number of amides is 1. The van der Waals surface area contributed by atoms with E-state index in [1.165, 1.54) is 10.8 Å². The van der Waals surface area contributed by atoms with Gasteiger partial charge in [0.05, 0.1) is 18.5 Å². The van der Waals surface area contributed by atoms with Crippen LogP contribution in [0.25, 0.3) is 21.7 Å². The molecule has 0 aliphatic carbocycles. The molecule has 5 rings (SSSR count). The van der Waals surface area contributed by atoms with Crippen molar-refractivity contribution in [2.24, 2.45) is 0 Å². The van der Waals surface area contributed by atoms with E-state index in [0.717, 1.165) is 48.5 Å². The number of carbonyl (C=O) groups is 1. The van der Waals surface area contributed by atoms with Gasteiger partial charge in [-0.3, -0.25) is 9.69 Å². The minimum Gasteiger partial charge on any atom is -0.383 e. The molecule has 1 amide bonds. The number of para-hydroxylation sites is 1. The molecule has 6 nitrogen and oxygen atoms in total. The predicted octanol–water partition coefficient (Wildman–Crippen LogP) is 3.25. The lowest BCUT2D eigenvalue weighted by molar-refractivity contribution is -0.132. The average Bonchev–Trinajstić information content (AvgIpc) is 2.79. The summed E-state index contributed by atoms with van der Waals surface area (Å²) in [4.78, 5) is 26.2. The number of nitrogen functional groups attached to an aromatic ring is 1. The third-order valence-electron chi connectivity index (χ3n) is 5.94. The first-order valence-electron chi connectivity index (χ1n) is 10.6. The second kappa shape index (κ2) is 8.32. The van der Waals surface area contributed by atoms with Crippen molar-refractivity contribution in [2.45, 2.75) is 13.0 Å². The molecule has 6 heteroatoms. The molecule has 156 valence electrons. The number of piperazine rings is 1. The van der Waals surface area contributed by atoms with Crippen LogP contribution in [0.2, 0.25) is 0 Å². The number of fused-ring (bicyclic) bond motifs is 2. The summed E-state index contributed by atoms with van der Waals surface area (Å²) in [5, 5.41) is 3.26. The van der Waals surface area contributed by atoms with Gasteiger partial charge in [0.15, 0.2) is 0 Å². The van der Waals surface area contributed by atoms with E-state index >= 15 is 0 Å². The van der Waals surface area contributed by atoms with Crippen molar-refractivity contribution in [1.82, 2.24) is 19.8 Å². The van der Waals surface area contributed by atoms with E-state index in [1.54, 1.807) is 0 Å². The first-order valence-corrected chi connectivity index (χ1v) is 10.6. The van der Waals surface area contributed by atoms with E-state index in [-0.39, 0.29) is 5.91 Å². The molecule has 31 heavy (non-hydrogen) atoms. The Bertz CT molecular complexity index is 1250. The minimum absolute atomic E-state index is 0.182. The molecule has 0 atom stereocenters. The zero-order valence-corrected chi connectivity index (χ0v) is 17.4. The Morgan fingerprint density at radius 3 is 2.45 bits per heavy atom. The van der Waals surface area contributed by atoms with E-state index in [1.807, 2.05) is 41.3 Å². The molecule has 1 aliphatic rings. The number of hydrogen-bond acceptors (Lipinski definition) is 5. The van der Waals surface area contributed by atoms with E-state index in [9.17, 15) is 4.79 Å². The van der Waals surface area contributed by atoms with Crippen LogP contribution in [0.15, 0.2) is 66.7 Å². The Kier molecular flexibility index (Phi) is 5.22. The van der Waals surface area contributed by atoms with Crippen molar-refractivity contribution < 1.29 is 4.79 Å². The zero-order valence-electron chi connectivity index (χ0n) is 17.4. The van der Waals surface area contributed by atoms with Gasteiger partial charge in [0.1, 0.15) is 11.6 Å². The van der Waals surface area contributed by atoms with Gasteiger partial charge in [-0.1, -0.05) is 54.6 Å². The molecule has 0 saturated carbocycles. The molecule has 0 spiro atoms. The van der Waals surface area contributed by atoms with Gasteiger partial charge in [-0.15, -0.1) is 0 Å². The van der Waals surface area contributed by atoms with Crippen LogP contribution in [-0.4, -0.2) is 51.9 Å². The molecule has 0 radical (unpaired) electrons. The summed E-state index contributed by atoms with van der Waals surface area (Å²) in [7, 11) is 0. The smallest absolute Gasteiger partial charge is 0.227 e. The van der Waals surface area contributed by atoms with Gasteiger partial charge < -0.3 is 10.6 Å². The first kappa shape index (κ1) is 19.5. The van der Waals surface area contributed by atoms with Crippen LogP contribution in [0.3, 0.4) is 0 Å². The first-order chi connectivity index (χ1) is 15.2. The molecule has 1 fully saturated rings. The van der Waals surface area contributed by atoms with Crippen LogP contribution < -0.4 is 5.73 Å². The largest absolute Gasteiger partial charge is 0.383 e. The van der Waals surface area contributed by atoms with Crippen LogP contribution in [0.1, 0.15) is 11.4 Å². The maximum absolute atomic E-state index is 12.8. The number of benzene rings is 3. The maximum Gasteiger partial charge on any atom is 0.227 e. The van der Waals surface area contributed by atoms with Gasteiger partial charge in [0.25, 0.3) is 0 Å². The number of aromatic nitrogens is 2. The minimum atomic E-state index is 0.182. The second-order valence-corrected chi connectivity index (χ2v) is 8.06. The van der Waals surface area contributed by atoms with Gasteiger partial charge >= 0.3 is 0 Å². The molecule has 4 aromatic rings. The second-order valence-electron chi connectivity index (χ2n) is 8.06. The molecular formula is C25H25N5O. The van der Waals surface area contributed by atoms with Crippen LogP contribution in [-0.2, 0) is 17.8 Å². The molecule has 3 aromatic carbocycles. The van der Waals surface area contributed by atoms with Gasteiger partial charge in [0, 0.05) is 31.6 Å². The highest BCUT2D eigenvalue weighted by Gasteiger charge is 2.22. The fourth-order valence-electron chi connectivity index (χ4n) is 4.21. The Morgan fingerprint density at radius 2 is 1.61 bits per heavy atom. The summed E-state index contributed by atoms with van der Waals surface area (Å²) < 4.78 is 0. The maximum atomic E-state index is 12.8. The van der Waals surface area contributed by atoms with E-state index in [4.69, 9.17) is 5.73 Å². The van der Waals surface area contributed by atoms with E-state index in [0.29, 0.717) is 18.8 Å². The van der Waals surface area contributed by atoms with Gasteiger partial charge in [-0.05, 0) is 28.5 Å². The molecule has 2 N–H and O–H groups in total. The highest BCUT2D eigenvalue weighted by Crippen LogP contribution is 2.19. The zero-order chi connectivity index (χ0) is 21.2. The summed E-state index contributed by atoms with van der Waals surface area (Å²) in [5.41, 5.74) is 8.04. The summed E-state index contributed by atoms with van der Waals surface area (Å²) >= 11 is 0. The lowest BCUT2D eigenvalue weighted by Crippen LogP contribution is -2.48. The standard InChI is InChI=1S/C25H25N5O/c26-25-21-7-3-4-8-22(21)27-23(28-25)17-29-11-13-30(14-12-29)24(31)16-18-9-10-19-5-1-2-6-20(19)15-18/h1-10,15H,11-14,16-17H2,(H2,26,27,28). The van der Waals surface area contributed by atoms with Crippen molar-refractivity contribution >= 4 is 33.4 Å². The van der Waals surface area contributed by atoms with Crippen LogP contribution in [0.4, 0.5) is 5.82 Å². The summed E-state index contributed by atoms with van der Waals surface area (Å²) in [5.74, 6) is 1.43. The quantitative estimate of drug-likeness (QED) is 0.558. The van der Waals surface area contributed by atoms with Crippen molar-refractivity contribution in [3.63, 3.8) is 0 Å². The van der Waals surface area contributed by atoms with E-state index < -0.39 is 0 Å². The van der Waals surface area contributed by atoms with Gasteiger partial charge in [0.2, 0.25) is 5.91 Å². The topological polar surface area (TPSA) is 75.3 Å². The number of nitrogens with zero attached hydrogens (tertiary/aromatic N) is 4. The summed E-state index contributed by atoms with van der Waals surface area (Å²) in [6.07, 6.45) is 0.440. The molecule has 0 bridgehead atoms. The predicted molar refractivity (Wildman–Crippen MR) is 123 cm³/mol.